The Labute approximate surface area is 125 Å². The molecule has 1 fully saturated rings. The Kier molecular flexibility index (Phi) is 4.79. The first kappa shape index (κ1) is 15.1. The lowest BCUT2D eigenvalue weighted by atomic mass is 10.1. The molecule has 0 bridgehead atoms. The number of hydrogen-bond acceptors (Lipinski definition) is 5. The van der Waals surface area contributed by atoms with Gasteiger partial charge >= 0.3 is 0 Å². The molecular weight excluding hydrogens is 274 g/mol. The Hall–Kier alpha value is -0.260. The van der Waals surface area contributed by atoms with Crippen LogP contribution in [0.1, 0.15) is 43.8 Å². The van der Waals surface area contributed by atoms with Crippen molar-refractivity contribution in [3.8, 4) is 0 Å². The monoisotopic (exact) mass is 299 g/mol. The first-order valence-electron chi connectivity index (χ1n) is 6.96. The number of thiazole rings is 1. The van der Waals surface area contributed by atoms with E-state index in [0.29, 0.717) is 10.8 Å². The van der Waals surface area contributed by atoms with Crippen LogP contribution in [-0.2, 0) is 0 Å². The average molecular weight is 300 g/mol. The van der Waals surface area contributed by atoms with E-state index in [1.54, 1.807) is 0 Å². The van der Waals surface area contributed by atoms with Crippen molar-refractivity contribution in [1.29, 1.82) is 0 Å². The topological polar surface area (TPSA) is 28.2 Å². The molecule has 108 valence electrons. The van der Waals surface area contributed by atoms with Crippen molar-refractivity contribution in [1.82, 2.24) is 10.3 Å². The fraction of sp³-hybridized carbons (Fsp3) is 0.786. The molecule has 0 saturated carbocycles. The summed E-state index contributed by atoms with van der Waals surface area (Å²) in [5, 5.41) is 4.51. The second-order valence-electron chi connectivity index (χ2n) is 5.80. The number of nitrogens with zero attached hydrogens (tertiary/aromatic N) is 2. The van der Waals surface area contributed by atoms with Crippen molar-refractivity contribution in [3.63, 3.8) is 0 Å². The summed E-state index contributed by atoms with van der Waals surface area (Å²) in [4.78, 5) is 8.62. The van der Waals surface area contributed by atoms with E-state index in [1.165, 1.54) is 27.9 Å². The number of aryl methyl sites for hydroxylation is 1. The Morgan fingerprint density at radius 3 is 2.79 bits per heavy atom. The van der Waals surface area contributed by atoms with Crippen molar-refractivity contribution in [3.05, 3.63) is 10.6 Å². The zero-order chi connectivity index (χ0) is 14.0. The fourth-order valence-electron chi connectivity index (χ4n) is 2.27. The Bertz CT molecular complexity index is 428. The quantitative estimate of drug-likeness (QED) is 0.925. The molecule has 1 unspecified atom stereocenters. The molecule has 1 aliphatic rings. The zero-order valence-corrected chi connectivity index (χ0v) is 14.2. The maximum Gasteiger partial charge on any atom is 0.185 e. The molecule has 0 spiro atoms. The average Bonchev–Trinajstić information content (AvgIpc) is 2.64. The summed E-state index contributed by atoms with van der Waals surface area (Å²) in [6.45, 7) is 11.3. The van der Waals surface area contributed by atoms with Crippen LogP contribution in [0.2, 0.25) is 0 Å². The molecule has 0 radical (unpaired) electrons. The number of rotatable bonds is 3. The van der Waals surface area contributed by atoms with Gasteiger partial charge in [0.05, 0.1) is 5.69 Å². The molecule has 0 aromatic carbocycles. The van der Waals surface area contributed by atoms with Gasteiger partial charge in [-0.1, -0.05) is 13.8 Å². The van der Waals surface area contributed by atoms with Crippen molar-refractivity contribution in [2.75, 3.05) is 30.8 Å². The summed E-state index contributed by atoms with van der Waals surface area (Å²) in [7, 11) is 2.01. The van der Waals surface area contributed by atoms with Gasteiger partial charge in [0.25, 0.3) is 0 Å². The minimum atomic E-state index is 0.393. The van der Waals surface area contributed by atoms with Gasteiger partial charge in [0.2, 0.25) is 0 Å². The van der Waals surface area contributed by atoms with Crippen LogP contribution in [0.15, 0.2) is 0 Å². The van der Waals surface area contributed by atoms with Crippen LogP contribution < -0.4 is 10.2 Å². The summed E-state index contributed by atoms with van der Waals surface area (Å²) < 4.78 is 0.405. The Balaban J connectivity index is 2.14. The van der Waals surface area contributed by atoms with E-state index in [9.17, 15) is 0 Å². The summed E-state index contributed by atoms with van der Waals surface area (Å²) in [5.74, 6) is 1.20. The van der Waals surface area contributed by atoms with Crippen molar-refractivity contribution < 1.29 is 0 Å². The van der Waals surface area contributed by atoms with Crippen molar-refractivity contribution in [2.24, 2.45) is 0 Å². The van der Waals surface area contributed by atoms with Gasteiger partial charge in [-0.05, 0) is 27.3 Å². The zero-order valence-electron chi connectivity index (χ0n) is 12.6. The minimum absolute atomic E-state index is 0.393. The van der Waals surface area contributed by atoms with Crippen LogP contribution in [-0.4, -0.2) is 35.6 Å². The van der Waals surface area contributed by atoms with Crippen LogP contribution in [0, 0.1) is 6.92 Å². The van der Waals surface area contributed by atoms with Gasteiger partial charge in [0.15, 0.2) is 5.13 Å². The fourth-order valence-corrected chi connectivity index (χ4v) is 4.55. The Morgan fingerprint density at radius 1 is 1.37 bits per heavy atom. The molecule has 1 aliphatic heterocycles. The maximum absolute atomic E-state index is 4.79. The number of anilines is 1. The maximum atomic E-state index is 4.79. The van der Waals surface area contributed by atoms with Crippen molar-refractivity contribution in [2.45, 2.75) is 44.9 Å². The molecular formula is C14H25N3S2. The molecule has 5 heteroatoms. The largest absolute Gasteiger partial charge is 0.347 e. The normalized spacial score (nSPS) is 21.2. The lowest BCUT2D eigenvalue weighted by molar-refractivity contribution is 0.637. The molecule has 1 aromatic rings. The first-order valence-corrected chi connectivity index (χ1v) is 8.76. The first-order chi connectivity index (χ1) is 8.93. The predicted molar refractivity (Wildman–Crippen MR) is 87.7 cm³/mol. The van der Waals surface area contributed by atoms with E-state index >= 15 is 0 Å². The van der Waals surface area contributed by atoms with Gasteiger partial charge in [0, 0.05) is 34.5 Å². The molecule has 0 aliphatic carbocycles. The third-order valence-corrected chi connectivity index (χ3v) is 6.53. The van der Waals surface area contributed by atoms with Crippen LogP contribution in [0.3, 0.4) is 0 Å². The lowest BCUT2D eigenvalue weighted by Gasteiger charge is -2.22. The van der Waals surface area contributed by atoms with E-state index < -0.39 is 0 Å². The van der Waals surface area contributed by atoms with Crippen LogP contribution in [0.4, 0.5) is 5.13 Å². The van der Waals surface area contributed by atoms with E-state index in [-0.39, 0.29) is 0 Å². The van der Waals surface area contributed by atoms with Gasteiger partial charge < -0.3 is 10.2 Å². The molecule has 1 saturated heterocycles. The van der Waals surface area contributed by atoms with E-state index in [2.05, 4.69) is 49.7 Å². The minimum Gasteiger partial charge on any atom is -0.347 e. The van der Waals surface area contributed by atoms with Crippen LogP contribution >= 0.6 is 23.1 Å². The van der Waals surface area contributed by atoms with E-state index in [4.69, 9.17) is 4.98 Å². The van der Waals surface area contributed by atoms with E-state index in [0.717, 1.165) is 13.1 Å². The summed E-state index contributed by atoms with van der Waals surface area (Å²) in [5.41, 5.74) is 1.18. The van der Waals surface area contributed by atoms with Gasteiger partial charge in [0.1, 0.15) is 0 Å². The SMILES string of the molecule is CNC(C)c1sc(N2CCSC(C)(C)CC2)nc1C. The van der Waals surface area contributed by atoms with Crippen LogP contribution in [0.25, 0.3) is 0 Å². The number of thioether (sulfide) groups is 1. The van der Waals surface area contributed by atoms with Gasteiger partial charge in [-0.2, -0.15) is 11.8 Å². The molecule has 1 N–H and O–H groups in total. The van der Waals surface area contributed by atoms with E-state index in [1.807, 2.05) is 18.4 Å². The van der Waals surface area contributed by atoms with Gasteiger partial charge in [-0.25, -0.2) is 4.98 Å². The van der Waals surface area contributed by atoms with Crippen LogP contribution in [0.5, 0.6) is 0 Å². The third-order valence-electron chi connectivity index (χ3n) is 3.76. The predicted octanol–water partition coefficient (Wildman–Crippen LogP) is 3.45. The molecule has 1 atom stereocenters. The number of nitrogens with one attached hydrogen (secondary N) is 1. The highest BCUT2D eigenvalue weighted by molar-refractivity contribution is 8.00. The summed E-state index contributed by atoms with van der Waals surface area (Å²) in [6, 6.07) is 0.393. The molecule has 2 heterocycles. The smallest absolute Gasteiger partial charge is 0.185 e. The highest BCUT2D eigenvalue weighted by Gasteiger charge is 2.25. The highest BCUT2D eigenvalue weighted by Crippen LogP contribution is 2.35. The number of hydrogen-bond donors (Lipinski definition) is 1. The molecule has 2 rings (SSSR count). The third kappa shape index (κ3) is 3.64. The highest BCUT2D eigenvalue weighted by atomic mass is 32.2. The molecule has 19 heavy (non-hydrogen) atoms. The summed E-state index contributed by atoms with van der Waals surface area (Å²) >= 11 is 3.94. The Morgan fingerprint density at radius 2 is 2.11 bits per heavy atom. The number of aromatic nitrogens is 1. The van der Waals surface area contributed by atoms with Crippen molar-refractivity contribution >= 4 is 28.2 Å². The molecule has 1 aromatic heterocycles. The molecule has 3 nitrogen and oxygen atoms in total. The molecule has 0 amide bonds. The summed E-state index contributed by atoms with van der Waals surface area (Å²) in [6.07, 6.45) is 1.23. The van der Waals surface area contributed by atoms with Gasteiger partial charge in [-0.3, -0.25) is 0 Å². The second-order valence-corrected chi connectivity index (χ2v) is 8.61. The standard InChI is InChI=1S/C14H25N3S2/c1-10(15-5)12-11(2)16-13(19-12)17-7-6-14(3,4)18-9-8-17/h10,15H,6-9H2,1-5H3. The lowest BCUT2D eigenvalue weighted by Crippen LogP contribution is -2.26. The van der Waals surface area contributed by atoms with Gasteiger partial charge in [-0.15, -0.1) is 11.3 Å². The second kappa shape index (κ2) is 6.02.